The summed E-state index contributed by atoms with van der Waals surface area (Å²) in [5, 5.41) is 1.74. The van der Waals surface area contributed by atoms with E-state index < -0.39 is 12.7 Å². The summed E-state index contributed by atoms with van der Waals surface area (Å²) in [6, 6.07) is 16.3. The smallest absolute Gasteiger partial charge is 0.387 e. The van der Waals surface area contributed by atoms with E-state index in [4.69, 9.17) is 27.9 Å². The van der Waals surface area contributed by atoms with E-state index in [1.54, 1.807) is 42.3 Å². The Bertz CT molecular complexity index is 1390. The van der Waals surface area contributed by atoms with Gasteiger partial charge in [0.25, 0.3) is 5.91 Å². The van der Waals surface area contributed by atoms with Crippen molar-refractivity contribution in [3.63, 3.8) is 0 Å². The molecule has 1 aliphatic heterocycles. The van der Waals surface area contributed by atoms with Gasteiger partial charge in [0, 0.05) is 38.8 Å². The lowest BCUT2D eigenvalue weighted by atomic mass is 9.91. The molecule has 180 valence electrons. The summed E-state index contributed by atoms with van der Waals surface area (Å²) in [5.74, 6) is 0.534. The molecule has 0 saturated carbocycles. The van der Waals surface area contributed by atoms with Gasteiger partial charge in [-0.05, 0) is 66.1 Å². The largest absolute Gasteiger partial charge is 0.497 e. The molecule has 3 aromatic carbocycles. The Hall–Kier alpha value is -3.29. The lowest BCUT2D eigenvalue weighted by Gasteiger charge is -2.36. The van der Waals surface area contributed by atoms with Crippen LogP contribution in [0.5, 0.6) is 11.5 Å². The number of aromatic amines is 1. The van der Waals surface area contributed by atoms with Crippen LogP contribution in [0.4, 0.5) is 8.78 Å². The molecular formula is C26H20Cl2F2N2O3. The normalized spacial score (nSPS) is 15.4. The van der Waals surface area contributed by atoms with Crippen molar-refractivity contribution in [2.45, 2.75) is 19.1 Å². The van der Waals surface area contributed by atoms with Gasteiger partial charge in [0.2, 0.25) is 0 Å². The predicted octanol–water partition coefficient (Wildman–Crippen LogP) is 6.87. The first-order chi connectivity index (χ1) is 16.8. The number of hydrogen-bond acceptors (Lipinski definition) is 3. The molecule has 35 heavy (non-hydrogen) atoms. The monoisotopic (exact) mass is 516 g/mol. The number of aromatic nitrogens is 1. The first-order valence-corrected chi connectivity index (χ1v) is 11.6. The fourth-order valence-electron chi connectivity index (χ4n) is 4.63. The molecule has 4 aromatic rings. The van der Waals surface area contributed by atoms with Gasteiger partial charge in [-0.3, -0.25) is 4.79 Å². The highest BCUT2D eigenvalue weighted by atomic mass is 35.5. The summed E-state index contributed by atoms with van der Waals surface area (Å²) in [6.07, 6.45) is 0.617. The lowest BCUT2D eigenvalue weighted by Crippen LogP contribution is -2.40. The molecule has 1 amide bonds. The van der Waals surface area contributed by atoms with Gasteiger partial charge in [0.1, 0.15) is 11.5 Å². The van der Waals surface area contributed by atoms with Crippen LogP contribution in [0, 0.1) is 0 Å². The predicted molar refractivity (Wildman–Crippen MR) is 131 cm³/mol. The molecule has 1 atom stereocenters. The number of ether oxygens (including phenoxy) is 2. The summed E-state index contributed by atoms with van der Waals surface area (Å²) in [4.78, 5) is 18.9. The van der Waals surface area contributed by atoms with Crippen molar-refractivity contribution in [1.29, 1.82) is 0 Å². The van der Waals surface area contributed by atoms with E-state index in [1.807, 2.05) is 18.2 Å². The van der Waals surface area contributed by atoms with Crippen LogP contribution in [0.3, 0.4) is 0 Å². The van der Waals surface area contributed by atoms with Crippen molar-refractivity contribution < 1.29 is 23.0 Å². The summed E-state index contributed by atoms with van der Waals surface area (Å²) < 4.78 is 35.2. The van der Waals surface area contributed by atoms with Crippen molar-refractivity contribution in [2.24, 2.45) is 0 Å². The number of benzene rings is 3. The second-order valence-corrected chi connectivity index (χ2v) is 9.06. The van der Waals surface area contributed by atoms with Crippen LogP contribution in [0.1, 0.15) is 33.2 Å². The third-order valence-electron chi connectivity index (χ3n) is 6.13. The summed E-state index contributed by atoms with van der Waals surface area (Å²) >= 11 is 12.3. The first kappa shape index (κ1) is 23.5. The average Bonchev–Trinajstić information content (AvgIpc) is 3.20. The molecule has 5 nitrogen and oxygen atoms in total. The quantitative estimate of drug-likeness (QED) is 0.314. The molecule has 1 aromatic heterocycles. The topological polar surface area (TPSA) is 54.6 Å². The Labute approximate surface area is 210 Å². The Morgan fingerprint density at radius 3 is 2.37 bits per heavy atom. The number of rotatable bonds is 5. The minimum atomic E-state index is -2.92. The minimum absolute atomic E-state index is 0.0423. The van der Waals surface area contributed by atoms with Gasteiger partial charge in [-0.15, -0.1) is 0 Å². The van der Waals surface area contributed by atoms with E-state index in [1.165, 1.54) is 12.1 Å². The van der Waals surface area contributed by atoms with Crippen LogP contribution in [-0.2, 0) is 6.42 Å². The molecule has 0 bridgehead atoms. The van der Waals surface area contributed by atoms with Crippen LogP contribution >= 0.6 is 23.2 Å². The number of nitrogens with one attached hydrogen (secondary N) is 1. The Kier molecular flexibility index (Phi) is 6.30. The van der Waals surface area contributed by atoms with Gasteiger partial charge < -0.3 is 19.4 Å². The number of amides is 1. The lowest BCUT2D eigenvalue weighted by molar-refractivity contribution is -0.0498. The van der Waals surface area contributed by atoms with Crippen LogP contribution in [0.25, 0.3) is 10.9 Å². The maximum atomic E-state index is 13.7. The number of fused-ring (bicyclic) bond motifs is 3. The fourth-order valence-corrected chi connectivity index (χ4v) is 5.16. The molecule has 0 saturated heterocycles. The van der Waals surface area contributed by atoms with Crippen molar-refractivity contribution >= 4 is 40.0 Å². The Morgan fingerprint density at radius 1 is 1.03 bits per heavy atom. The Balaban J connectivity index is 1.63. The van der Waals surface area contributed by atoms with Crippen LogP contribution in [0.2, 0.25) is 10.0 Å². The van der Waals surface area contributed by atoms with Gasteiger partial charge in [-0.2, -0.15) is 8.78 Å². The number of carbonyl (C=O) groups excluding carboxylic acids is 1. The second kappa shape index (κ2) is 9.40. The highest BCUT2D eigenvalue weighted by Gasteiger charge is 2.35. The Morgan fingerprint density at radius 2 is 1.71 bits per heavy atom. The molecule has 1 aliphatic rings. The van der Waals surface area contributed by atoms with E-state index in [0.29, 0.717) is 28.6 Å². The average molecular weight is 517 g/mol. The van der Waals surface area contributed by atoms with Crippen LogP contribution in [-0.4, -0.2) is 36.1 Å². The number of hydrogen-bond donors (Lipinski definition) is 1. The number of nitrogens with zero attached hydrogens (tertiary/aromatic N) is 1. The summed E-state index contributed by atoms with van der Waals surface area (Å²) in [5.41, 5.74) is 3.95. The van der Waals surface area contributed by atoms with Crippen molar-refractivity contribution in [2.75, 3.05) is 13.7 Å². The molecule has 5 rings (SSSR count). The van der Waals surface area contributed by atoms with Crippen molar-refractivity contribution in [1.82, 2.24) is 9.88 Å². The number of H-pyrrole nitrogens is 1. The van der Waals surface area contributed by atoms with Crippen molar-refractivity contribution in [3.8, 4) is 11.5 Å². The zero-order valence-electron chi connectivity index (χ0n) is 18.5. The van der Waals surface area contributed by atoms with Gasteiger partial charge >= 0.3 is 6.61 Å². The SMILES string of the molecule is COc1ccc2[nH]c3c(c2c1)CCN(C(=O)c1cc(Cl)cc(Cl)c1)[C@H]3c1ccc(OC(F)F)cc1. The van der Waals surface area contributed by atoms with E-state index in [-0.39, 0.29) is 11.7 Å². The molecule has 0 radical (unpaired) electrons. The maximum Gasteiger partial charge on any atom is 0.387 e. The molecule has 0 spiro atoms. The number of alkyl halides is 2. The molecule has 0 aliphatic carbocycles. The van der Waals surface area contributed by atoms with Crippen LogP contribution in [0.15, 0.2) is 60.7 Å². The molecular weight excluding hydrogens is 497 g/mol. The zero-order valence-corrected chi connectivity index (χ0v) is 20.0. The summed E-state index contributed by atoms with van der Waals surface area (Å²) in [7, 11) is 1.61. The van der Waals surface area contributed by atoms with E-state index in [2.05, 4.69) is 9.72 Å². The van der Waals surface area contributed by atoms with Crippen molar-refractivity contribution in [3.05, 3.63) is 93.1 Å². The highest BCUT2D eigenvalue weighted by molar-refractivity contribution is 6.35. The molecule has 0 unspecified atom stereocenters. The van der Waals surface area contributed by atoms with E-state index >= 15 is 0 Å². The maximum absolute atomic E-state index is 13.7. The molecule has 1 N–H and O–H groups in total. The van der Waals surface area contributed by atoms with Gasteiger partial charge in [0.05, 0.1) is 13.2 Å². The third kappa shape index (κ3) is 4.54. The fraction of sp³-hybridized carbons (Fsp3) is 0.192. The molecule has 9 heteroatoms. The number of carbonyl (C=O) groups is 1. The summed E-state index contributed by atoms with van der Waals surface area (Å²) in [6.45, 7) is -2.49. The zero-order chi connectivity index (χ0) is 24.7. The second-order valence-electron chi connectivity index (χ2n) is 8.19. The number of methoxy groups -OCH3 is 1. The molecule has 2 heterocycles. The van der Waals surface area contributed by atoms with Gasteiger partial charge in [0.15, 0.2) is 0 Å². The standard InChI is InChI=1S/C26H20Cl2F2N2O3/c1-34-19-6-7-22-21(13-19)20-8-9-32(25(33)15-10-16(27)12-17(28)11-15)24(23(20)31-22)14-2-4-18(5-3-14)35-26(29)30/h2-7,10-13,24,26,31H,8-9H2,1H3/t24-/m0/s1. The van der Waals surface area contributed by atoms with Crippen LogP contribution < -0.4 is 9.47 Å². The van der Waals surface area contributed by atoms with E-state index in [0.717, 1.165) is 33.5 Å². The highest BCUT2D eigenvalue weighted by Crippen LogP contribution is 2.40. The molecule has 0 fully saturated rings. The van der Waals surface area contributed by atoms with Gasteiger partial charge in [-0.1, -0.05) is 35.3 Å². The third-order valence-corrected chi connectivity index (χ3v) is 6.56. The minimum Gasteiger partial charge on any atom is -0.497 e. The first-order valence-electron chi connectivity index (χ1n) is 10.8. The van der Waals surface area contributed by atoms with Gasteiger partial charge in [-0.25, -0.2) is 0 Å². The number of halogens is 4. The van der Waals surface area contributed by atoms with E-state index in [9.17, 15) is 13.6 Å².